The monoisotopic (exact) mass is 437 g/mol. The quantitative estimate of drug-likeness (QED) is 0.471. The summed E-state index contributed by atoms with van der Waals surface area (Å²) in [5, 5.41) is 11.9. The number of hydrogen-bond acceptors (Lipinski definition) is 6. The Hall–Kier alpha value is -1.71. The minimum Gasteiger partial charge on any atom is -0.447 e. The van der Waals surface area contributed by atoms with Crippen LogP contribution in [0.3, 0.4) is 0 Å². The summed E-state index contributed by atoms with van der Waals surface area (Å²) in [6, 6.07) is -1.01. The Bertz CT molecular complexity index is 757. The molecule has 29 heavy (non-hydrogen) atoms. The molecule has 3 aliphatic rings. The van der Waals surface area contributed by atoms with Crippen molar-refractivity contribution in [2.75, 3.05) is 19.6 Å². The summed E-state index contributed by atoms with van der Waals surface area (Å²) >= 11 is 0. The number of amides is 2. The largest absolute Gasteiger partial charge is 0.471 e. The van der Waals surface area contributed by atoms with E-state index in [2.05, 4.69) is 0 Å². The van der Waals surface area contributed by atoms with Crippen LogP contribution < -0.4 is 5.32 Å². The van der Waals surface area contributed by atoms with E-state index in [1.165, 1.54) is 11.8 Å². The van der Waals surface area contributed by atoms with E-state index < -0.39 is 36.1 Å². The number of carbonyl (C=O) groups excluding carboxylic acids is 3. The van der Waals surface area contributed by atoms with Gasteiger partial charge in [0.2, 0.25) is 5.91 Å². The molecule has 2 unspecified atom stereocenters. The van der Waals surface area contributed by atoms with Gasteiger partial charge in [-0.3, -0.25) is 14.5 Å². The van der Waals surface area contributed by atoms with Crippen LogP contribution in [0.4, 0.5) is 13.2 Å². The zero-order valence-corrected chi connectivity index (χ0v) is 17.1. The second-order valence-corrected chi connectivity index (χ2v) is 7.96. The maximum atomic E-state index is 12.5. The molecule has 0 aliphatic carbocycles. The molecule has 0 radical (unpaired) electrons. The molecular weight excluding hydrogens is 414 g/mol. The molecular formula is C17H23F3N3O5P. The molecule has 0 spiro atoms. The molecule has 8 nitrogen and oxygen atoms in total. The van der Waals surface area contributed by atoms with E-state index >= 15 is 0 Å². The highest BCUT2D eigenvalue weighted by molar-refractivity contribution is 7.10. The highest BCUT2D eigenvalue weighted by Gasteiger charge is 2.60. The molecule has 0 aromatic heterocycles. The van der Waals surface area contributed by atoms with Gasteiger partial charge in [-0.15, -0.1) is 0 Å². The average molecular weight is 437 g/mol. The van der Waals surface area contributed by atoms with Gasteiger partial charge in [0, 0.05) is 31.6 Å². The number of aliphatic hydroxyl groups excluding tert-OH is 1. The van der Waals surface area contributed by atoms with Gasteiger partial charge in [-0.1, -0.05) is 6.92 Å². The Morgan fingerprint density at radius 1 is 1.41 bits per heavy atom. The van der Waals surface area contributed by atoms with Crippen LogP contribution >= 0.6 is 9.47 Å². The number of nitrogens with one attached hydrogen (secondary N) is 1. The number of β-lactam (4-membered cyclic amide) rings is 1. The first-order valence-corrected chi connectivity index (χ1v) is 9.69. The van der Waals surface area contributed by atoms with Crippen LogP contribution in [0.15, 0.2) is 11.3 Å². The first kappa shape index (κ1) is 22.0. The first-order valence-electron chi connectivity index (χ1n) is 9.22. The van der Waals surface area contributed by atoms with Crippen molar-refractivity contribution in [2.24, 2.45) is 11.8 Å². The summed E-state index contributed by atoms with van der Waals surface area (Å²) in [5.41, 5.74) is 0.768. The van der Waals surface area contributed by atoms with E-state index in [0.29, 0.717) is 18.5 Å². The third-order valence-electron chi connectivity index (χ3n) is 5.87. The fraction of sp³-hybridized carbons (Fsp3) is 0.706. The number of halogens is 3. The van der Waals surface area contributed by atoms with Gasteiger partial charge in [0.25, 0.3) is 0 Å². The number of likely N-dealkylation sites (tertiary alicyclic amines) is 1. The van der Waals surface area contributed by atoms with Gasteiger partial charge in [-0.25, -0.2) is 4.79 Å². The van der Waals surface area contributed by atoms with Crippen LogP contribution in [-0.2, 0) is 18.9 Å². The number of rotatable bonds is 5. The number of carbonyl (C=O) groups is 3. The van der Waals surface area contributed by atoms with Crippen molar-refractivity contribution in [1.82, 2.24) is 15.1 Å². The van der Waals surface area contributed by atoms with Crippen molar-refractivity contribution in [3.05, 3.63) is 11.3 Å². The molecule has 2 saturated heterocycles. The molecule has 3 aliphatic heterocycles. The molecule has 0 bridgehead atoms. The zero-order chi connectivity index (χ0) is 21.7. The lowest BCUT2D eigenvalue weighted by molar-refractivity contribution is -0.174. The molecule has 0 aromatic rings. The number of fused-ring (bicyclic) bond motifs is 1. The fourth-order valence-corrected chi connectivity index (χ4v) is 4.61. The van der Waals surface area contributed by atoms with Crippen molar-refractivity contribution in [1.29, 1.82) is 0 Å². The molecule has 2 amide bonds. The topological polar surface area (TPSA) is 99.2 Å². The Morgan fingerprint density at radius 3 is 2.62 bits per heavy atom. The number of hydrogen-bond donors (Lipinski definition) is 2. The minimum absolute atomic E-state index is 0.127. The molecule has 6 atom stereocenters. The average Bonchev–Trinajstić information content (AvgIpc) is 3.15. The molecule has 2 N–H and O–H groups in total. The lowest BCUT2D eigenvalue weighted by Crippen LogP contribution is -2.63. The second kappa shape index (κ2) is 7.85. The number of aliphatic hydroxyl groups is 1. The van der Waals surface area contributed by atoms with Gasteiger partial charge in [0.15, 0.2) is 0 Å². The van der Waals surface area contributed by atoms with Crippen molar-refractivity contribution in [3.63, 3.8) is 0 Å². The summed E-state index contributed by atoms with van der Waals surface area (Å²) in [6.45, 7) is 4.24. The second-order valence-electron chi connectivity index (χ2n) is 7.72. The van der Waals surface area contributed by atoms with Crippen molar-refractivity contribution < 1.29 is 37.2 Å². The van der Waals surface area contributed by atoms with E-state index in [-0.39, 0.29) is 36.7 Å². The van der Waals surface area contributed by atoms with Gasteiger partial charge in [0.1, 0.15) is 5.70 Å². The molecule has 0 aromatic carbocycles. The van der Waals surface area contributed by atoms with Gasteiger partial charge in [0.05, 0.1) is 27.5 Å². The van der Waals surface area contributed by atoms with Gasteiger partial charge in [-0.05, 0) is 18.9 Å². The zero-order valence-electron chi connectivity index (χ0n) is 15.9. The SMILES string of the molecule is C[C@@H](O)C1C(=O)N2C(C(=O)OP)=C(CN3CC[C@H](NC(=O)C(F)(F)F)C3)[C@H](C)[C@H]12. The molecule has 0 saturated carbocycles. The summed E-state index contributed by atoms with van der Waals surface area (Å²) in [7, 11) is 1.84. The highest BCUT2D eigenvalue weighted by atomic mass is 31.0. The van der Waals surface area contributed by atoms with E-state index in [1.807, 2.05) is 26.6 Å². The Labute approximate surface area is 167 Å². The van der Waals surface area contributed by atoms with Crippen molar-refractivity contribution in [3.8, 4) is 0 Å². The standard InChI is InChI=1S/C17H23F3N3O5P/c1-7-10(6-22-4-3-9(5-22)21-16(27)17(18,19)20)13(15(26)28-29)23-12(7)11(8(2)24)14(23)25/h7-9,11-12,24H,3-6,29H2,1-2H3,(H,21,27)/t7-,8+,9-,11?,12+/m0/s1. The Morgan fingerprint density at radius 2 is 2.07 bits per heavy atom. The predicted molar refractivity (Wildman–Crippen MR) is 96.8 cm³/mol. The lowest BCUT2D eigenvalue weighted by atomic mass is 9.77. The molecule has 162 valence electrons. The maximum absolute atomic E-state index is 12.5. The summed E-state index contributed by atoms with van der Waals surface area (Å²) in [5.74, 6) is -3.87. The van der Waals surface area contributed by atoms with E-state index in [0.717, 1.165) is 0 Å². The Kier molecular flexibility index (Phi) is 5.95. The van der Waals surface area contributed by atoms with E-state index in [1.54, 1.807) is 0 Å². The van der Waals surface area contributed by atoms with Crippen LogP contribution in [0, 0.1) is 11.8 Å². The van der Waals surface area contributed by atoms with Crippen LogP contribution in [0.1, 0.15) is 20.3 Å². The normalized spacial score (nSPS) is 30.9. The van der Waals surface area contributed by atoms with E-state index in [9.17, 15) is 32.7 Å². The summed E-state index contributed by atoms with van der Waals surface area (Å²) in [6.07, 6.45) is -5.46. The summed E-state index contributed by atoms with van der Waals surface area (Å²) < 4.78 is 42.1. The van der Waals surface area contributed by atoms with E-state index in [4.69, 9.17) is 4.52 Å². The molecule has 2 fully saturated rings. The third-order valence-corrected chi connectivity index (χ3v) is 6.09. The molecule has 3 rings (SSSR count). The summed E-state index contributed by atoms with van der Waals surface area (Å²) in [4.78, 5) is 39.1. The van der Waals surface area contributed by atoms with Gasteiger partial charge < -0.3 is 19.8 Å². The van der Waals surface area contributed by atoms with Crippen LogP contribution in [0.5, 0.6) is 0 Å². The lowest BCUT2D eigenvalue weighted by Gasteiger charge is -2.46. The number of nitrogens with zero attached hydrogens (tertiary/aromatic N) is 2. The molecule has 3 heterocycles. The predicted octanol–water partition coefficient (Wildman–Crippen LogP) is 0.184. The third kappa shape index (κ3) is 3.87. The molecule has 12 heteroatoms. The van der Waals surface area contributed by atoms with Crippen LogP contribution in [0.2, 0.25) is 0 Å². The minimum atomic E-state index is -4.94. The highest BCUT2D eigenvalue weighted by Crippen LogP contribution is 2.47. The van der Waals surface area contributed by atoms with Crippen molar-refractivity contribution >= 4 is 27.3 Å². The Balaban J connectivity index is 1.74. The van der Waals surface area contributed by atoms with Gasteiger partial charge >= 0.3 is 18.1 Å². The van der Waals surface area contributed by atoms with Crippen molar-refractivity contribution in [2.45, 2.75) is 44.6 Å². The first-order chi connectivity index (χ1) is 13.5. The fourth-order valence-electron chi connectivity index (χ4n) is 4.50. The van der Waals surface area contributed by atoms with Crippen LogP contribution in [0.25, 0.3) is 0 Å². The number of alkyl halides is 3. The maximum Gasteiger partial charge on any atom is 0.471 e. The smallest absolute Gasteiger partial charge is 0.447 e. The van der Waals surface area contributed by atoms with Crippen LogP contribution in [-0.4, -0.2) is 76.7 Å². The van der Waals surface area contributed by atoms with Gasteiger partial charge in [-0.2, -0.15) is 13.2 Å².